The molecule has 3 aliphatic carbocycles. The summed E-state index contributed by atoms with van der Waals surface area (Å²) in [6.07, 6.45) is 0. The van der Waals surface area contributed by atoms with Crippen LogP contribution in [0.25, 0.3) is 194 Å². The Hall–Kier alpha value is -13.7. The SMILES string of the molecule is CC1(C)c2ccccc2-c2cc(-c3ccc4c(c3)c3ccccc3n4-c3cccc(-c4ccc5nc(-c6cccc(-n7c8ccccc8c8cc(-c9ccc%10c(c9)-c9ccccc9C%10(C)C)ccc87)c6)nc(-c6cccc(-n7c8ccccc8c8cc(-c9ccc%10c(c9)-c9ccccc9C%10(C)C)ccc87)c6)c5c4)c3)ccc21. The summed E-state index contributed by atoms with van der Waals surface area (Å²) in [5.74, 6) is 0.650. The van der Waals surface area contributed by atoms with Gasteiger partial charge in [-0.1, -0.05) is 266 Å². The molecular formula is C107H75N5. The van der Waals surface area contributed by atoms with E-state index in [-0.39, 0.29) is 16.2 Å². The zero-order valence-electron chi connectivity index (χ0n) is 63.1. The molecule has 4 heterocycles. The molecule has 0 N–H and O–H groups in total. The third-order valence-electron chi connectivity index (χ3n) is 25.6. The molecule has 16 aromatic carbocycles. The minimum atomic E-state index is -0.0630. The monoisotopic (exact) mass is 1430 g/mol. The predicted octanol–water partition coefficient (Wildman–Crippen LogP) is 27.8. The van der Waals surface area contributed by atoms with E-state index in [0.29, 0.717) is 5.82 Å². The van der Waals surface area contributed by atoms with Crippen LogP contribution in [0.5, 0.6) is 0 Å². The number of hydrogen-bond acceptors (Lipinski definition) is 2. The Balaban J connectivity index is 0.656. The maximum atomic E-state index is 5.81. The van der Waals surface area contributed by atoms with Crippen molar-refractivity contribution in [2.24, 2.45) is 0 Å². The lowest BCUT2D eigenvalue weighted by atomic mass is 9.82. The van der Waals surface area contributed by atoms with Crippen molar-refractivity contribution in [3.63, 3.8) is 0 Å². The zero-order chi connectivity index (χ0) is 74.6. The normalized spacial score (nSPS) is 14.0. The molecule has 20 aromatic rings. The average molecular weight is 1430 g/mol. The largest absolute Gasteiger partial charge is 0.309 e. The highest BCUT2D eigenvalue weighted by atomic mass is 15.0. The molecule has 3 aliphatic rings. The van der Waals surface area contributed by atoms with Gasteiger partial charge in [0.2, 0.25) is 0 Å². The van der Waals surface area contributed by atoms with Gasteiger partial charge in [0.25, 0.3) is 0 Å². The van der Waals surface area contributed by atoms with Crippen molar-refractivity contribution in [1.82, 2.24) is 23.7 Å². The van der Waals surface area contributed by atoms with E-state index >= 15 is 0 Å². The number of fused-ring (bicyclic) bond motifs is 19. The highest BCUT2D eigenvalue weighted by molar-refractivity contribution is 6.14. The third kappa shape index (κ3) is 9.37. The van der Waals surface area contributed by atoms with Gasteiger partial charge < -0.3 is 13.7 Å². The van der Waals surface area contributed by atoms with E-state index in [9.17, 15) is 0 Å². The Morgan fingerprint density at radius 1 is 0.196 bits per heavy atom. The number of rotatable bonds is 9. The summed E-state index contributed by atoms with van der Waals surface area (Å²) in [6, 6.07) is 129. The first-order chi connectivity index (χ1) is 54.8. The molecule has 528 valence electrons. The molecule has 0 unspecified atom stereocenters. The lowest BCUT2D eigenvalue weighted by Crippen LogP contribution is -2.14. The Morgan fingerprint density at radius 3 is 0.911 bits per heavy atom. The van der Waals surface area contributed by atoms with E-state index in [1.54, 1.807) is 0 Å². The van der Waals surface area contributed by atoms with Crippen LogP contribution < -0.4 is 0 Å². The Labute approximate surface area is 650 Å². The Morgan fingerprint density at radius 2 is 0.491 bits per heavy atom. The van der Waals surface area contributed by atoms with E-state index < -0.39 is 0 Å². The van der Waals surface area contributed by atoms with Crippen molar-refractivity contribution >= 4 is 76.3 Å². The van der Waals surface area contributed by atoms with Gasteiger partial charge in [-0.15, -0.1) is 0 Å². The van der Waals surface area contributed by atoms with E-state index in [1.807, 2.05) is 0 Å². The van der Waals surface area contributed by atoms with Crippen LogP contribution in [0.3, 0.4) is 0 Å². The summed E-state index contributed by atoms with van der Waals surface area (Å²) in [7, 11) is 0. The Kier molecular flexibility index (Phi) is 13.6. The first-order valence-electron chi connectivity index (χ1n) is 39.3. The van der Waals surface area contributed by atoms with Gasteiger partial charge in [0.05, 0.1) is 44.3 Å². The molecule has 4 aromatic heterocycles. The lowest BCUT2D eigenvalue weighted by molar-refractivity contribution is 0.660. The molecule has 0 bridgehead atoms. The predicted molar refractivity (Wildman–Crippen MR) is 468 cm³/mol. The van der Waals surface area contributed by atoms with Crippen LogP contribution in [0.15, 0.2) is 346 Å². The molecular weight excluding hydrogens is 1360 g/mol. The number of nitrogens with zero attached hydrogens (tertiary/aromatic N) is 5. The van der Waals surface area contributed by atoms with Crippen LogP contribution in [0.2, 0.25) is 0 Å². The van der Waals surface area contributed by atoms with E-state index in [4.69, 9.17) is 9.97 Å². The van der Waals surface area contributed by atoms with Gasteiger partial charge in [-0.05, 0) is 233 Å². The van der Waals surface area contributed by atoms with E-state index in [0.717, 1.165) is 89.0 Å². The maximum absolute atomic E-state index is 5.81. The fourth-order valence-corrected chi connectivity index (χ4v) is 20.0. The Bertz CT molecular complexity index is 7490. The number of para-hydroxylation sites is 3. The van der Waals surface area contributed by atoms with Crippen LogP contribution in [-0.2, 0) is 16.2 Å². The molecule has 0 amide bonds. The minimum Gasteiger partial charge on any atom is -0.309 e. The van der Waals surface area contributed by atoms with Crippen molar-refractivity contribution in [3.05, 3.63) is 379 Å². The maximum Gasteiger partial charge on any atom is 0.160 e. The van der Waals surface area contributed by atoms with E-state index in [2.05, 4.69) is 401 Å². The fourth-order valence-electron chi connectivity index (χ4n) is 20.0. The number of aromatic nitrogens is 5. The molecule has 0 spiro atoms. The smallest absolute Gasteiger partial charge is 0.160 e. The van der Waals surface area contributed by atoms with Gasteiger partial charge in [0.1, 0.15) is 0 Å². The molecule has 0 aliphatic heterocycles. The van der Waals surface area contributed by atoms with Crippen molar-refractivity contribution in [1.29, 1.82) is 0 Å². The molecule has 5 nitrogen and oxygen atoms in total. The second-order valence-electron chi connectivity index (χ2n) is 32.8. The molecule has 112 heavy (non-hydrogen) atoms. The average Bonchev–Trinajstić information content (AvgIpc) is 1.61. The summed E-state index contributed by atoms with van der Waals surface area (Å²) < 4.78 is 7.29. The molecule has 0 saturated carbocycles. The standard InChI is InChI=1S/C107H75N5/c1-105(2)90-34-13-7-28-77(90)83-57-65(40-47-93(83)105)69-44-51-100-86(60-69)80-31-10-16-37-97(80)110(100)74-25-19-22-64(54-74)68-43-50-96-89(63-68)103(72-23-20-26-75(55-72)111-98-38-17-11-32-81(98)87-61-70(45-52-101(87)111)66-41-48-94-84(58-66)78-29-8-14-35-91(78)106(94,3)4)109-104(108-96)73-24-21-27-76(56-73)112-99-39-18-12-33-82(99)88-62-71(46-53-102(88)112)67-42-49-95-85(59-67)79-30-9-15-36-92(79)107(95,5)6/h7-63H,1-6H3. The van der Waals surface area contributed by atoms with E-state index in [1.165, 1.54) is 132 Å². The summed E-state index contributed by atoms with van der Waals surface area (Å²) in [5, 5.41) is 8.21. The summed E-state index contributed by atoms with van der Waals surface area (Å²) in [5.41, 5.74) is 39.2. The zero-order valence-corrected chi connectivity index (χ0v) is 63.1. The summed E-state index contributed by atoms with van der Waals surface area (Å²) in [4.78, 5) is 11.4. The van der Waals surface area contributed by atoms with Crippen LogP contribution >= 0.6 is 0 Å². The van der Waals surface area contributed by atoms with Crippen LogP contribution in [0.1, 0.15) is 74.9 Å². The fraction of sp³-hybridized carbons (Fsp3) is 0.0841. The molecule has 5 heteroatoms. The quantitative estimate of drug-likeness (QED) is 0.144. The minimum absolute atomic E-state index is 0.0522. The van der Waals surface area contributed by atoms with Crippen LogP contribution in [-0.4, -0.2) is 23.7 Å². The number of benzene rings is 16. The van der Waals surface area contributed by atoms with Gasteiger partial charge in [0, 0.05) is 82.1 Å². The van der Waals surface area contributed by atoms with Crippen LogP contribution in [0.4, 0.5) is 0 Å². The topological polar surface area (TPSA) is 40.6 Å². The summed E-state index contributed by atoms with van der Waals surface area (Å²) >= 11 is 0. The second kappa shape index (κ2) is 23.6. The molecule has 0 radical (unpaired) electrons. The van der Waals surface area contributed by atoms with Crippen molar-refractivity contribution < 1.29 is 0 Å². The van der Waals surface area contributed by atoms with Crippen LogP contribution in [0, 0.1) is 0 Å². The molecule has 0 atom stereocenters. The highest BCUT2D eigenvalue weighted by Crippen LogP contribution is 2.54. The van der Waals surface area contributed by atoms with Gasteiger partial charge in [-0.2, -0.15) is 0 Å². The lowest BCUT2D eigenvalue weighted by Gasteiger charge is -2.21. The molecule has 0 saturated heterocycles. The van der Waals surface area contributed by atoms with Gasteiger partial charge in [-0.3, -0.25) is 0 Å². The van der Waals surface area contributed by atoms with Gasteiger partial charge in [-0.25, -0.2) is 9.97 Å². The first-order valence-corrected chi connectivity index (χ1v) is 39.3. The van der Waals surface area contributed by atoms with Crippen molar-refractivity contribution in [3.8, 4) is 118 Å². The van der Waals surface area contributed by atoms with Gasteiger partial charge in [0.15, 0.2) is 5.82 Å². The van der Waals surface area contributed by atoms with Crippen molar-refractivity contribution in [2.45, 2.75) is 57.8 Å². The van der Waals surface area contributed by atoms with Crippen molar-refractivity contribution in [2.75, 3.05) is 0 Å². The third-order valence-corrected chi connectivity index (χ3v) is 25.6. The van der Waals surface area contributed by atoms with Gasteiger partial charge >= 0.3 is 0 Å². The first kappa shape index (κ1) is 64.3. The highest BCUT2D eigenvalue weighted by Gasteiger charge is 2.38. The molecule has 0 fully saturated rings. The summed E-state index contributed by atoms with van der Waals surface area (Å²) in [6.45, 7) is 14.1. The molecule has 23 rings (SSSR count). The second-order valence-corrected chi connectivity index (χ2v) is 32.8. The number of hydrogen-bond donors (Lipinski definition) is 0.